The molecule has 32 heavy (non-hydrogen) atoms. The predicted octanol–water partition coefficient (Wildman–Crippen LogP) is 2.25. The molecule has 2 aliphatic rings. The average Bonchev–Trinajstić information content (AvgIpc) is 3.31. The molecule has 2 aromatic rings. The maximum Gasteiger partial charge on any atom is 0.231 e. The number of fused-ring (bicyclic) bond motifs is 1. The minimum Gasteiger partial charge on any atom is -0.454 e. The Morgan fingerprint density at radius 1 is 1.00 bits per heavy atom. The number of aliphatic imine (C=N–C) groups is 1. The Balaban J connectivity index is 1.31. The van der Waals surface area contributed by atoms with Gasteiger partial charge in [-0.3, -0.25) is 0 Å². The highest BCUT2D eigenvalue weighted by Crippen LogP contribution is 2.32. The molecule has 1 fully saturated rings. The van der Waals surface area contributed by atoms with Gasteiger partial charge in [0.1, 0.15) is 5.82 Å². The van der Waals surface area contributed by atoms with Crippen LogP contribution >= 0.6 is 0 Å². The Labute approximate surface area is 190 Å². The van der Waals surface area contributed by atoms with Gasteiger partial charge in [0, 0.05) is 45.5 Å². The second-order valence-electron chi connectivity index (χ2n) is 8.00. The molecule has 1 saturated heterocycles. The van der Waals surface area contributed by atoms with Crippen molar-refractivity contribution in [3.63, 3.8) is 0 Å². The molecule has 8 nitrogen and oxygen atoms in total. The van der Waals surface area contributed by atoms with Gasteiger partial charge in [-0.05, 0) is 55.3 Å². The van der Waals surface area contributed by atoms with Crippen LogP contribution in [-0.4, -0.2) is 68.4 Å². The summed E-state index contributed by atoms with van der Waals surface area (Å²) in [7, 11) is 0. The third kappa shape index (κ3) is 5.82. The van der Waals surface area contributed by atoms with Crippen molar-refractivity contribution in [2.75, 3.05) is 57.5 Å². The van der Waals surface area contributed by atoms with Crippen molar-refractivity contribution >= 4 is 11.8 Å². The number of anilines is 1. The molecule has 3 heterocycles. The predicted molar refractivity (Wildman–Crippen MR) is 128 cm³/mol. The number of likely N-dealkylation sites (N-methyl/N-ethyl adjacent to an activating group) is 1. The van der Waals surface area contributed by atoms with Gasteiger partial charge in [-0.1, -0.05) is 13.0 Å². The van der Waals surface area contributed by atoms with Gasteiger partial charge in [-0.25, -0.2) is 9.98 Å². The van der Waals surface area contributed by atoms with Crippen LogP contribution in [0, 0.1) is 0 Å². The van der Waals surface area contributed by atoms with E-state index in [-0.39, 0.29) is 0 Å². The zero-order valence-electron chi connectivity index (χ0n) is 19.1. The van der Waals surface area contributed by atoms with Gasteiger partial charge in [-0.2, -0.15) is 0 Å². The molecule has 8 heteroatoms. The lowest BCUT2D eigenvalue weighted by Gasteiger charge is -2.34. The number of pyridine rings is 1. The first-order valence-corrected chi connectivity index (χ1v) is 11.6. The van der Waals surface area contributed by atoms with E-state index in [1.54, 1.807) is 0 Å². The minimum atomic E-state index is 0.305. The largest absolute Gasteiger partial charge is 0.454 e. The van der Waals surface area contributed by atoms with E-state index in [1.165, 1.54) is 11.1 Å². The molecular weight excluding hydrogens is 404 g/mol. The smallest absolute Gasteiger partial charge is 0.231 e. The van der Waals surface area contributed by atoms with E-state index < -0.39 is 0 Å². The number of hydrogen-bond donors (Lipinski definition) is 2. The molecule has 0 radical (unpaired) electrons. The molecule has 1 aromatic heterocycles. The SMILES string of the molecule is CCNC(=NCc1ccnc(N2CCN(CC)CC2)c1)NCCc1ccc2c(c1)OCO2. The van der Waals surface area contributed by atoms with E-state index in [1.807, 2.05) is 24.4 Å². The van der Waals surface area contributed by atoms with Gasteiger partial charge in [0.05, 0.1) is 6.54 Å². The molecule has 2 aliphatic heterocycles. The van der Waals surface area contributed by atoms with Crippen LogP contribution in [0.3, 0.4) is 0 Å². The van der Waals surface area contributed by atoms with Crippen LogP contribution in [-0.2, 0) is 13.0 Å². The highest BCUT2D eigenvalue weighted by molar-refractivity contribution is 5.79. The van der Waals surface area contributed by atoms with Crippen LogP contribution in [0.15, 0.2) is 41.5 Å². The average molecular weight is 439 g/mol. The number of hydrogen-bond acceptors (Lipinski definition) is 6. The van der Waals surface area contributed by atoms with Crippen molar-refractivity contribution in [1.29, 1.82) is 0 Å². The molecule has 0 aliphatic carbocycles. The van der Waals surface area contributed by atoms with E-state index in [0.717, 1.165) is 75.5 Å². The second-order valence-corrected chi connectivity index (χ2v) is 8.00. The van der Waals surface area contributed by atoms with Gasteiger partial charge in [0.15, 0.2) is 17.5 Å². The zero-order chi connectivity index (χ0) is 22.2. The molecule has 1 aromatic carbocycles. The van der Waals surface area contributed by atoms with Crippen LogP contribution in [0.1, 0.15) is 25.0 Å². The molecule has 2 N–H and O–H groups in total. The van der Waals surface area contributed by atoms with Gasteiger partial charge < -0.3 is 29.9 Å². The summed E-state index contributed by atoms with van der Waals surface area (Å²) in [6, 6.07) is 10.3. The lowest BCUT2D eigenvalue weighted by molar-refractivity contribution is 0.174. The maximum absolute atomic E-state index is 5.47. The highest BCUT2D eigenvalue weighted by Gasteiger charge is 2.17. The quantitative estimate of drug-likeness (QED) is 0.484. The van der Waals surface area contributed by atoms with Crippen molar-refractivity contribution in [3.05, 3.63) is 47.7 Å². The number of nitrogens with zero attached hydrogens (tertiary/aromatic N) is 4. The summed E-state index contributed by atoms with van der Waals surface area (Å²) >= 11 is 0. The Bertz CT molecular complexity index is 911. The molecule has 0 atom stereocenters. The number of ether oxygens (including phenoxy) is 2. The van der Waals surface area contributed by atoms with Crippen LogP contribution in [0.5, 0.6) is 11.5 Å². The summed E-state index contributed by atoms with van der Waals surface area (Å²) in [6.45, 7) is 12.2. The summed E-state index contributed by atoms with van der Waals surface area (Å²) in [4.78, 5) is 14.2. The lowest BCUT2D eigenvalue weighted by atomic mass is 10.1. The van der Waals surface area contributed by atoms with Gasteiger partial charge in [0.25, 0.3) is 0 Å². The van der Waals surface area contributed by atoms with Crippen molar-refractivity contribution in [3.8, 4) is 11.5 Å². The van der Waals surface area contributed by atoms with Crippen LogP contribution < -0.4 is 25.0 Å². The number of benzene rings is 1. The number of aromatic nitrogens is 1. The fourth-order valence-corrected chi connectivity index (χ4v) is 3.96. The minimum absolute atomic E-state index is 0.305. The van der Waals surface area contributed by atoms with E-state index in [0.29, 0.717) is 13.3 Å². The standard InChI is InChI=1S/C24H34N6O2/c1-3-25-24(27-10-7-19-5-6-21-22(15-19)32-18-31-21)28-17-20-8-9-26-23(16-20)30-13-11-29(4-2)12-14-30/h5-6,8-9,15-16H,3-4,7,10-14,17-18H2,1-2H3,(H2,25,27,28). The van der Waals surface area contributed by atoms with Crippen LogP contribution in [0.4, 0.5) is 5.82 Å². The normalized spacial score (nSPS) is 16.3. The van der Waals surface area contributed by atoms with Gasteiger partial charge in [0.2, 0.25) is 6.79 Å². The van der Waals surface area contributed by atoms with E-state index >= 15 is 0 Å². The first kappa shape index (κ1) is 22.2. The lowest BCUT2D eigenvalue weighted by Crippen LogP contribution is -2.46. The van der Waals surface area contributed by atoms with E-state index in [4.69, 9.17) is 14.5 Å². The number of piperazine rings is 1. The molecule has 0 unspecified atom stereocenters. The molecule has 0 bridgehead atoms. The summed E-state index contributed by atoms with van der Waals surface area (Å²) in [6.07, 6.45) is 2.77. The Morgan fingerprint density at radius 3 is 2.66 bits per heavy atom. The Kier molecular flexibility index (Phi) is 7.66. The maximum atomic E-state index is 5.47. The van der Waals surface area contributed by atoms with Crippen LogP contribution in [0.25, 0.3) is 0 Å². The third-order valence-electron chi connectivity index (χ3n) is 5.86. The fraction of sp³-hybridized carbons (Fsp3) is 0.500. The van der Waals surface area contributed by atoms with Crippen molar-refractivity contribution < 1.29 is 9.47 Å². The zero-order valence-corrected chi connectivity index (χ0v) is 19.1. The van der Waals surface area contributed by atoms with Crippen molar-refractivity contribution in [2.45, 2.75) is 26.8 Å². The fourth-order valence-electron chi connectivity index (χ4n) is 3.96. The van der Waals surface area contributed by atoms with Gasteiger partial charge in [-0.15, -0.1) is 0 Å². The van der Waals surface area contributed by atoms with Gasteiger partial charge >= 0.3 is 0 Å². The Morgan fingerprint density at radius 2 is 1.84 bits per heavy atom. The molecule has 172 valence electrons. The summed E-state index contributed by atoms with van der Waals surface area (Å²) in [5.41, 5.74) is 2.38. The molecule has 4 rings (SSSR count). The summed E-state index contributed by atoms with van der Waals surface area (Å²) in [5.74, 6) is 3.52. The monoisotopic (exact) mass is 438 g/mol. The van der Waals surface area contributed by atoms with E-state index in [9.17, 15) is 0 Å². The molecule has 0 amide bonds. The second kappa shape index (κ2) is 11.0. The summed E-state index contributed by atoms with van der Waals surface area (Å²) < 4.78 is 10.8. The van der Waals surface area contributed by atoms with Crippen molar-refractivity contribution in [2.24, 2.45) is 4.99 Å². The molecule has 0 spiro atoms. The first-order valence-electron chi connectivity index (χ1n) is 11.6. The van der Waals surface area contributed by atoms with E-state index in [2.05, 4.69) is 51.4 Å². The molecular formula is C24H34N6O2. The highest BCUT2D eigenvalue weighted by atomic mass is 16.7. The Hall–Kier alpha value is -3.00. The number of nitrogens with one attached hydrogen (secondary N) is 2. The summed E-state index contributed by atoms with van der Waals surface area (Å²) in [5, 5.41) is 6.76. The topological polar surface area (TPSA) is 74.3 Å². The number of rotatable bonds is 8. The third-order valence-corrected chi connectivity index (χ3v) is 5.86. The molecule has 0 saturated carbocycles. The first-order chi connectivity index (χ1) is 15.7. The van der Waals surface area contributed by atoms with Crippen molar-refractivity contribution in [1.82, 2.24) is 20.5 Å². The number of guanidine groups is 1. The van der Waals surface area contributed by atoms with Crippen LogP contribution in [0.2, 0.25) is 0 Å².